The molecule has 2 aromatic rings. The molecule has 0 heterocycles. The molecule has 0 aliphatic carbocycles. The molecule has 0 saturated carbocycles. The molecular formula is C18H19IO2S. The second-order valence-electron chi connectivity index (χ2n) is 5.30. The fourth-order valence-electron chi connectivity index (χ4n) is 2.17. The van der Waals surface area contributed by atoms with E-state index in [9.17, 15) is 4.79 Å². The third kappa shape index (κ3) is 4.26. The molecule has 0 unspecified atom stereocenters. The summed E-state index contributed by atoms with van der Waals surface area (Å²) < 4.78 is 7.15. The quantitative estimate of drug-likeness (QED) is 0.482. The van der Waals surface area contributed by atoms with Gasteiger partial charge in [-0.15, -0.1) is 0 Å². The number of thioether (sulfide) groups is 1. The summed E-state index contributed by atoms with van der Waals surface area (Å²) in [5, 5.41) is 0.0885. The van der Waals surface area contributed by atoms with E-state index in [0.29, 0.717) is 6.61 Å². The fourth-order valence-corrected chi connectivity index (χ4v) is 3.75. The lowest BCUT2D eigenvalue weighted by molar-refractivity contribution is -0.109. The summed E-state index contributed by atoms with van der Waals surface area (Å²) in [4.78, 5) is 12.4. The van der Waals surface area contributed by atoms with E-state index in [1.54, 1.807) is 6.92 Å². The molecule has 2 rings (SSSR count). The molecule has 0 N–H and O–H groups in total. The van der Waals surface area contributed by atoms with Crippen molar-refractivity contribution in [2.24, 2.45) is 0 Å². The summed E-state index contributed by atoms with van der Waals surface area (Å²) in [5.41, 5.74) is 4.70. The predicted octanol–water partition coefficient (Wildman–Crippen LogP) is 5.43. The first-order valence-corrected chi connectivity index (χ1v) is 8.94. The van der Waals surface area contributed by atoms with Crippen molar-refractivity contribution in [3.63, 3.8) is 0 Å². The largest absolute Gasteiger partial charge is 0.489 e. The molecule has 0 aromatic heterocycles. The number of hydrogen-bond acceptors (Lipinski definition) is 3. The molecule has 0 fully saturated rings. The fraction of sp³-hybridized carbons (Fsp3) is 0.278. The molecule has 0 aliphatic rings. The minimum Gasteiger partial charge on any atom is -0.489 e. The molecule has 0 saturated heterocycles. The Balaban J connectivity index is 2.25. The van der Waals surface area contributed by atoms with Gasteiger partial charge in [0.15, 0.2) is 5.12 Å². The average Bonchev–Trinajstić information content (AvgIpc) is 2.43. The number of halogens is 1. The highest BCUT2D eigenvalue weighted by molar-refractivity contribution is 14.1. The predicted molar refractivity (Wildman–Crippen MR) is 101 cm³/mol. The van der Waals surface area contributed by atoms with Crippen LogP contribution < -0.4 is 4.74 Å². The van der Waals surface area contributed by atoms with Crippen LogP contribution in [-0.2, 0) is 11.4 Å². The standard InChI is InChI=1S/C18H19IO2S/c1-11-8-13(3)17(9-12(11)2)21-10-15-16(19)6-5-7-18(15)22-14(4)20/h5-9H,10H2,1-4H3. The van der Waals surface area contributed by atoms with E-state index in [-0.39, 0.29) is 5.12 Å². The van der Waals surface area contributed by atoms with E-state index in [2.05, 4.69) is 55.5 Å². The zero-order chi connectivity index (χ0) is 16.3. The Hall–Kier alpha value is -1.01. The Morgan fingerprint density at radius 2 is 1.82 bits per heavy atom. The van der Waals surface area contributed by atoms with Gasteiger partial charge < -0.3 is 4.74 Å². The maximum atomic E-state index is 11.4. The second-order valence-corrected chi connectivity index (χ2v) is 7.68. The van der Waals surface area contributed by atoms with Gasteiger partial charge in [0.1, 0.15) is 12.4 Å². The van der Waals surface area contributed by atoms with Crippen molar-refractivity contribution in [3.8, 4) is 5.75 Å². The van der Waals surface area contributed by atoms with E-state index in [1.165, 1.54) is 22.9 Å². The number of benzene rings is 2. The molecule has 22 heavy (non-hydrogen) atoms. The topological polar surface area (TPSA) is 26.3 Å². The zero-order valence-electron chi connectivity index (χ0n) is 13.2. The van der Waals surface area contributed by atoms with Crippen LogP contribution in [0.1, 0.15) is 29.2 Å². The number of rotatable bonds is 4. The molecule has 4 heteroatoms. The van der Waals surface area contributed by atoms with Crippen molar-refractivity contribution in [3.05, 3.63) is 56.2 Å². The highest BCUT2D eigenvalue weighted by Crippen LogP contribution is 2.29. The lowest BCUT2D eigenvalue weighted by Gasteiger charge is -2.14. The lowest BCUT2D eigenvalue weighted by atomic mass is 10.1. The molecule has 0 bridgehead atoms. The number of carbonyl (C=O) groups is 1. The summed E-state index contributed by atoms with van der Waals surface area (Å²) in [6, 6.07) is 10.2. The van der Waals surface area contributed by atoms with Crippen molar-refractivity contribution >= 4 is 39.5 Å². The van der Waals surface area contributed by atoms with Gasteiger partial charge in [-0.05, 0) is 78.3 Å². The number of ether oxygens (including phenoxy) is 1. The SMILES string of the molecule is CC(=O)Sc1cccc(I)c1COc1cc(C)c(C)cc1C. The maximum Gasteiger partial charge on any atom is 0.190 e. The van der Waals surface area contributed by atoms with Gasteiger partial charge in [-0.2, -0.15) is 0 Å². The first kappa shape index (κ1) is 17.3. The molecule has 0 spiro atoms. The lowest BCUT2D eigenvalue weighted by Crippen LogP contribution is -2.02. The summed E-state index contributed by atoms with van der Waals surface area (Å²) in [5.74, 6) is 0.904. The van der Waals surface area contributed by atoms with Crippen molar-refractivity contribution in [2.75, 3.05) is 0 Å². The normalized spacial score (nSPS) is 10.6. The Morgan fingerprint density at radius 3 is 2.50 bits per heavy atom. The summed E-state index contributed by atoms with van der Waals surface area (Å²) in [7, 11) is 0. The van der Waals surface area contributed by atoms with Crippen LogP contribution in [0, 0.1) is 24.3 Å². The highest BCUT2D eigenvalue weighted by Gasteiger charge is 2.11. The van der Waals surface area contributed by atoms with Crippen LogP contribution in [-0.4, -0.2) is 5.12 Å². The van der Waals surface area contributed by atoms with Crippen LogP contribution in [0.4, 0.5) is 0 Å². The van der Waals surface area contributed by atoms with E-state index < -0.39 is 0 Å². The van der Waals surface area contributed by atoms with Gasteiger partial charge in [-0.1, -0.05) is 23.9 Å². The Kier molecular flexibility index (Phi) is 5.92. The van der Waals surface area contributed by atoms with Gasteiger partial charge in [0.05, 0.1) is 0 Å². The van der Waals surface area contributed by atoms with Crippen molar-refractivity contribution in [2.45, 2.75) is 39.2 Å². The van der Waals surface area contributed by atoms with Crippen LogP contribution in [0.2, 0.25) is 0 Å². The molecule has 0 aliphatic heterocycles. The Labute approximate surface area is 149 Å². The molecule has 0 radical (unpaired) electrons. The Bertz CT molecular complexity index is 710. The monoisotopic (exact) mass is 426 g/mol. The first-order valence-electron chi connectivity index (χ1n) is 7.05. The van der Waals surface area contributed by atoms with Crippen LogP contribution >= 0.6 is 34.4 Å². The van der Waals surface area contributed by atoms with Gasteiger partial charge in [-0.25, -0.2) is 0 Å². The van der Waals surface area contributed by atoms with Gasteiger partial charge in [0.25, 0.3) is 0 Å². The summed E-state index contributed by atoms with van der Waals surface area (Å²) >= 11 is 3.55. The molecule has 2 nitrogen and oxygen atoms in total. The first-order chi connectivity index (χ1) is 10.4. The van der Waals surface area contributed by atoms with E-state index >= 15 is 0 Å². The maximum absolute atomic E-state index is 11.4. The zero-order valence-corrected chi connectivity index (χ0v) is 16.2. The number of aryl methyl sites for hydroxylation is 3. The number of carbonyl (C=O) groups excluding carboxylic acids is 1. The minimum absolute atomic E-state index is 0.0885. The smallest absolute Gasteiger partial charge is 0.190 e. The Morgan fingerprint density at radius 1 is 1.14 bits per heavy atom. The number of hydrogen-bond donors (Lipinski definition) is 0. The van der Waals surface area contributed by atoms with Gasteiger partial charge in [0.2, 0.25) is 0 Å². The highest BCUT2D eigenvalue weighted by atomic mass is 127. The van der Waals surface area contributed by atoms with E-state index in [1.807, 2.05) is 18.2 Å². The van der Waals surface area contributed by atoms with Crippen molar-refractivity contribution in [1.29, 1.82) is 0 Å². The third-order valence-corrected chi connectivity index (χ3v) is 5.39. The summed E-state index contributed by atoms with van der Waals surface area (Å²) in [6.45, 7) is 8.31. The molecular weight excluding hydrogens is 407 g/mol. The van der Waals surface area contributed by atoms with Crippen LogP contribution in [0.15, 0.2) is 35.2 Å². The average molecular weight is 426 g/mol. The second kappa shape index (κ2) is 7.51. The van der Waals surface area contributed by atoms with Crippen LogP contribution in [0.25, 0.3) is 0 Å². The summed E-state index contributed by atoms with van der Waals surface area (Å²) in [6.07, 6.45) is 0. The van der Waals surface area contributed by atoms with Gasteiger partial charge >= 0.3 is 0 Å². The minimum atomic E-state index is 0.0885. The third-order valence-electron chi connectivity index (χ3n) is 3.49. The molecule has 116 valence electrons. The van der Waals surface area contributed by atoms with Crippen LogP contribution in [0.3, 0.4) is 0 Å². The van der Waals surface area contributed by atoms with Crippen molar-refractivity contribution < 1.29 is 9.53 Å². The van der Waals surface area contributed by atoms with E-state index in [4.69, 9.17) is 4.74 Å². The van der Waals surface area contributed by atoms with Gasteiger partial charge in [-0.3, -0.25) is 4.79 Å². The molecule has 2 aromatic carbocycles. The van der Waals surface area contributed by atoms with E-state index in [0.717, 1.165) is 25.3 Å². The molecule has 0 amide bonds. The van der Waals surface area contributed by atoms with Crippen LogP contribution in [0.5, 0.6) is 5.75 Å². The van der Waals surface area contributed by atoms with Crippen molar-refractivity contribution in [1.82, 2.24) is 0 Å². The van der Waals surface area contributed by atoms with Gasteiger partial charge in [0, 0.05) is 21.0 Å². The molecule has 0 atom stereocenters.